The number of ether oxygens (including phenoxy) is 4. The Kier molecular flexibility index (Phi) is 9.77. The topological polar surface area (TPSA) is 74.3 Å². The molecule has 206 valence electrons. The van der Waals surface area contributed by atoms with E-state index in [0.717, 1.165) is 39.3 Å². The zero-order chi connectivity index (χ0) is 28.3. The van der Waals surface area contributed by atoms with Gasteiger partial charge in [-0.15, -0.1) is 0 Å². The van der Waals surface area contributed by atoms with Gasteiger partial charge in [-0.05, 0) is 79.4 Å². The smallest absolute Gasteiger partial charge is 0.435 e. The predicted octanol–water partition coefficient (Wildman–Crippen LogP) is 8.48. The largest absolute Gasteiger partial charge is 0.508 e. The first-order valence-electron chi connectivity index (χ1n) is 13.2. The highest BCUT2D eigenvalue weighted by atomic mass is 16.7. The molecule has 0 atom stereocenters. The molecule has 0 aliphatic heterocycles. The maximum absolute atomic E-state index is 11.6. The maximum Gasteiger partial charge on any atom is 0.508 e. The van der Waals surface area contributed by atoms with Crippen molar-refractivity contribution in [1.82, 2.24) is 0 Å². The fraction of sp³-hybridized carbons (Fsp3) is 0.212. The fourth-order valence-corrected chi connectivity index (χ4v) is 4.08. The second-order valence-corrected chi connectivity index (χ2v) is 9.02. The van der Waals surface area contributed by atoms with E-state index in [1.165, 1.54) is 5.56 Å². The molecule has 0 saturated heterocycles. The van der Waals surface area contributed by atoms with Crippen LogP contribution in [0.15, 0.2) is 97.1 Å². The van der Waals surface area contributed by atoms with Crippen molar-refractivity contribution in [3.05, 3.63) is 114 Å². The molecule has 7 heteroatoms. The molecule has 7 nitrogen and oxygen atoms in total. The lowest BCUT2D eigenvalue weighted by Gasteiger charge is -2.26. The van der Waals surface area contributed by atoms with E-state index in [1.54, 1.807) is 13.8 Å². The van der Waals surface area contributed by atoms with Crippen LogP contribution in [-0.2, 0) is 32.2 Å². The molecule has 4 rings (SSSR count). The summed E-state index contributed by atoms with van der Waals surface area (Å²) < 4.78 is 20.0. The van der Waals surface area contributed by atoms with E-state index in [0.29, 0.717) is 0 Å². The van der Waals surface area contributed by atoms with Crippen molar-refractivity contribution in [2.24, 2.45) is 0 Å². The molecule has 0 radical (unpaired) electrons. The monoisotopic (exact) mass is 539 g/mol. The van der Waals surface area contributed by atoms with Crippen LogP contribution in [0, 0.1) is 6.92 Å². The number of anilines is 3. The minimum atomic E-state index is -0.686. The van der Waals surface area contributed by atoms with Crippen molar-refractivity contribution in [3.63, 3.8) is 0 Å². The molecule has 0 amide bonds. The molecule has 0 saturated carbocycles. The predicted molar refractivity (Wildman–Crippen MR) is 155 cm³/mol. The summed E-state index contributed by atoms with van der Waals surface area (Å²) in [6.07, 6.45) is -1.37. The lowest BCUT2D eigenvalue weighted by Crippen LogP contribution is -2.11. The summed E-state index contributed by atoms with van der Waals surface area (Å²) in [5, 5.41) is 0. The first-order valence-corrected chi connectivity index (χ1v) is 13.2. The first-order chi connectivity index (χ1) is 19.5. The summed E-state index contributed by atoms with van der Waals surface area (Å²) in [5.41, 5.74) is 8.02. The van der Waals surface area contributed by atoms with Crippen molar-refractivity contribution in [1.29, 1.82) is 0 Å². The fourth-order valence-electron chi connectivity index (χ4n) is 4.08. The standard InChI is InChI=1S/C33H33NO6/c1-4-37-32(35)39-22-25-8-16-29(17-9-25)34(30-18-10-26(11-19-30)23-40-33(36)38-5-2)31-20-14-28(15-21-31)27-12-6-24(3)7-13-27/h6-21H,4-5,22-23H2,1-3H3. The molecule has 4 aromatic carbocycles. The zero-order valence-corrected chi connectivity index (χ0v) is 23.0. The van der Waals surface area contributed by atoms with Crippen molar-refractivity contribution in [2.45, 2.75) is 34.0 Å². The van der Waals surface area contributed by atoms with Gasteiger partial charge in [-0.3, -0.25) is 0 Å². The molecule has 0 spiro atoms. The Balaban J connectivity index is 1.59. The Morgan fingerprint density at radius 2 is 0.875 bits per heavy atom. The number of rotatable bonds is 10. The van der Waals surface area contributed by atoms with Gasteiger partial charge in [0, 0.05) is 17.1 Å². The Morgan fingerprint density at radius 1 is 0.525 bits per heavy atom. The Hall–Kier alpha value is -4.78. The molecule has 40 heavy (non-hydrogen) atoms. The molecule has 0 fully saturated rings. The molecule has 4 aromatic rings. The number of hydrogen-bond donors (Lipinski definition) is 0. The van der Waals surface area contributed by atoms with Crippen LogP contribution in [-0.4, -0.2) is 25.5 Å². The van der Waals surface area contributed by atoms with Crippen LogP contribution in [0.25, 0.3) is 11.1 Å². The van der Waals surface area contributed by atoms with Crippen molar-refractivity contribution in [2.75, 3.05) is 18.1 Å². The highest BCUT2D eigenvalue weighted by molar-refractivity contribution is 5.78. The van der Waals surface area contributed by atoms with Crippen molar-refractivity contribution < 1.29 is 28.5 Å². The Bertz CT molecular complexity index is 1320. The van der Waals surface area contributed by atoms with Gasteiger partial charge >= 0.3 is 12.3 Å². The van der Waals surface area contributed by atoms with E-state index in [4.69, 9.17) is 18.9 Å². The maximum atomic E-state index is 11.6. The van der Waals surface area contributed by atoms with Gasteiger partial charge in [-0.25, -0.2) is 9.59 Å². The normalized spacial score (nSPS) is 10.5. The number of carbonyl (C=O) groups is 2. The van der Waals surface area contributed by atoms with Gasteiger partial charge in [0.25, 0.3) is 0 Å². The molecular weight excluding hydrogens is 506 g/mol. The second kappa shape index (κ2) is 13.8. The third kappa shape index (κ3) is 7.63. The first kappa shape index (κ1) is 28.2. The number of carbonyl (C=O) groups excluding carboxylic acids is 2. The van der Waals surface area contributed by atoms with Crippen LogP contribution in [0.1, 0.15) is 30.5 Å². The number of benzene rings is 4. The van der Waals surface area contributed by atoms with Crippen LogP contribution in [0.4, 0.5) is 26.7 Å². The van der Waals surface area contributed by atoms with Gasteiger partial charge < -0.3 is 23.8 Å². The summed E-state index contributed by atoms with van der Waals surface area (Å²) in [5.74, 6) is 0. The number of aryl methyl sites for hydroxylation is 1. The number of nitrogens with zero attached hydrogens (tertiary/aromatic N) is 1. The van der Waals surface area contributed by atoms with Crippen LogP contribution < -0.4 is 4.90 Å². The van der Waals surface area contributed by atoms with Gasteiger partial charge in [0.05, 0.1) is 13.2 Å². The third-order valence-electron chi connectivity index (χ3n) is 6.14. The lowest BCUT2D eigenvalue weighted by molar-refractivity contribution is 0.0527. The van der Waals surface area contributed by atoms with E-state index in [-0.39, 0.29) is 26.4 Å². The van der Waals surface area contributed by atoms with E-state index in [9.17, 15) is 9.59 Å². The minimum absolute atomic E-state index is 0.125. The van der Waals surface area contributed by atoms with Gasteiger partial charge in [0.15, 0.2) is 0 Å². The summed E-state index contributed by atoms with van der Waals surface area (Å²) in [6.45, 7) is 6.33. The van der Waals surface area contributed by atoms with Gasteiger partial charge in [0.2, 0.25) is 0 Å². The quantitative estimate of drug-likeness (QED) is 0.187. The van der Waals surface area contributed by atoms with Crippen LogP contribution in [0.3, 0.4) is 0 Å². The highest BCUT2D eigenvalue weighted by Gasteiger charge is 2.14. The minimum Gasteiger partial charge on any atom is -0.435 e. The lowest BCUT2D eigenvalue weighted by atomic mass is 10.0. The molecule has 0 bridgehead atoms. The molecule has 0 aliphatic carbocycles. The van der Waals surface area contributed by atoms with Gasteiger partial charge in [0.1, 0.15) is 13.2 Å². The van der Waals surface area contributed by atoms with Crippen molar-refractivity contribution in [3.8, 4) is 11.1 Å². The summed E-state index contributed by atoms with van der Waals surface area (Å²) in [7, 11) is 0. The Labute approximate surface area is 234 Å². The van der Waals surface area contributed by atoms with E-state index in [1.807, 2.05) is 48.5 Å². The van der Waals surface area contributed by atoms with Crippen LogP contribution in [0.2, 0.25) is 0 Å². The van der Waals surface area contributed by atoms with Crippen molar-refractivity contribution >= 4 is 29.4 Å². The molecule has 0 aliphatic rings. The van der Waals surface area contributed by atoms with Gasteiger partial charge in [-0.2, -0.15) is 0 Å². The molecule has 0 heterocycles. The molecule has 0 aromatic heterocycles. The zero-order valence-electron chi connectivity index (χ0n) is 23.0. The summed E-state index contributed by atoms with van der Waals surface area (Å²) in [6, 6.07) is 32.5. The average molecular weight is 540 g/mol. The third-order valence-corrected chi connectivity index (χ3v) is 6.14. The van der Waals surface area contributed by atoms with E-state index in [2.05, 4.69) is 60.4 Å². The summed E-state index contributed by atoms with van der Waals surface area (Å²) in [4.78, 5) is 25.3. The van der Waals surface area contributed by atoms with Crippen LogP contribution in [0.5, 0.6) is 0 Å². The Morgan fingerprint density at radius 3 is 1.25 bits per heavy atom. The van der Waals surface area contributed by atoms with Gasteiger partial charge in [-0.1, -0.05) is 66.2 Å². The highest BCUT2D eigenvalue weighted by Crippen LogP contribution is 2.36. The SMILES string of the molecule is CCOC(=O)OCc1ccc(N(c2ccc(COC(=O)OCC)cc2)c2ccc(-c3ccc(C)cc3)cc2)cc1. The second-order valence-electron chi connectivity index (χ2n) is 9.02. The van der Waals surface area contributed by atoms with Crippen LogP contribution >= 0.6 is 0 Å². The molecular formula is C33H33NO6. The van der Waals surface area contributed by atoms with E-state index >= 15 is 0 Å². The number of hydrogen-bond acceptors (Lipinski definition) is 7. The molecule has 0 unspecified atom stereocenters. The summed E-state index contributed by atoms with van der Waals surface area (Å²) >= 11 is 0. The molecule has 0 N–H and O–H groups in total. The van der Waals surface area contributed by atoms with E-state index < -0.39 is 12.3 Å². The average Bonchev–Trinajstić information content (AvgIpc) is 2.98.